The first-order valence-electron chi connectivity index (χ1n) is 7.85. The van der Waals surface area contributed by atoms with Crippen molar-refractivity contribution >= 4 is 11.9 Å². The van der Waals surface area contributed by atoms with E-state index in [9.17, 15) is 9.59 Å². The van der Waals surface area contributed by atoms with Crippen molar-refractivity contribution in [3.8, 4) is 0 Å². The Bertz CT molecular complexity index is 692. The summed E-state index contributed by atoms with van der Waals surface area (Å²) in [6.07, 6.45) is 3.99. The number of hydrogen-bond donors (Lipinski definition) is 1. The van der Waals surface area contributed by atoms with Crippen molar-refractivity contribution in [1.82, 2.24) is 10.3 Å². The van der Waals surface area contributed by atoms with Gasteiger partial charge in [-0.3, -0.25) is 4.98 Å². The fourth-order valence-electron chi connectivity index (χ4n) is 2.81. The molecule has 0 saturated heterocycles. The minimum atomic E-state index is -0.550. The number of hydrogen-bond acceptors (Lipinski definition) is 6. The van der Waals surface area contributed by atoms with Crippen LogP contribution in [0.25, 0.3) is 0 Å². The minimum absolute atomic E-state index is 0.328. The molecule has 2 rings (SSSR count). The molecule has 0 spiro atoms. The summed E-state index contributed by atoms with van der Waals surface area (Å²) in [5, 5.41) is 3.09. The van der Waals surface area contributed by atoms with Crippen LogP contribution in [0, 0.1) is 0 Å². The van der Waals surface area contributed by atoms with Crippen molar-refractivity contribution in [1.29, 1.82) is 0 Å². The van der Waals surface area contributed by atoms with Crippen molar-refractivity contribution in [3.63, 3.8) is 0 Å². The van der Waals surface area contributed by atoms with Gasteiger partial charge in [-0.2, -0.15) is 0 Å². The van der Waals surface area contributed by atoms with Gasteiger partial charge in [-0.25, -0.2) is 9.59 Å². The van der Waals surface area contributed by atoms with Gasteiger partial charge in [0.15, 0.2) is 0 Å². The van der Waals surface area contributed by atoms with Crippen molar-refractivity contribution in [2.24, 2.45) is 0 Å². The SMILES string of the molecule is CCCOC(=O)C1=C(C)NC(C)=C(C(=O)OC)C1c1ccncc1. The highest BCUT2D eigenvalue weighted by molar-refractivity contribution is 5.99. The zero-order chi connectivity index (χ0) is 17.7. The molecule has 6 heteroatoms. The molecule has 6 nitrogen and oxygen atoms in total. The van der Waals surface area contributed by atoms with Gasteiger partial charge in [0.25, 0.3) is 0 Å². The molecule has 1 aliphatic rings. The zero-order valence-electron chi connectivity index (χ0n) is 14.4. The van der Waals surface area contributed by atoms with E-state index in [-0.39, 0.29) is 0 Å². The Balaban J connectivity index is 2.56. The molecule has 0 saturated carbocycles. The number of methoxy groups -OCH3 is 1. The van der Waals surface area contributed by atoms with Crippen LogP contribution in [0.2, 0.25) is 0 Å². The molecule has 1 atom stereocenters. The lowest BCUT2D eigenvalue weighted by Gasteiger charge is -2.30. The number of aromatic nitrogens is 1. The third kappa shape index (κ3) is 3.48. The molecule has 0 bridgehead atoms. The summed E-state index contributed by atoms with van der Waals surface area (Å²) < 4.78 is 10.3. The van der Waals surface area contributed by atoms with Crippen LogP contribution in [-0.2, 0) is 19.1 Å². The predicted octanol–water partition coefficient (Wildman–Crippen LogP) is 2.44. The number of nitrogens with one attached hydrogen (secondary N) is 1. The maximum Gasteiger partial charge on any atom is 0.336 e. The van der Waals surface area contributed by atoms with Gasteiger partial charge in [-0.1, -0.05) is 6.92 Å². The third-order valence-corrected chi connectivity index (χ3v) is 3.86. The fraction of sp³-hybridized carbons (Fsp3) is 0.389. The Morgan fingerprint density at radius 2 is 1.71 bits per heavy atom. The second kappa shape index (κ2) is 7.77. The molecule has 0 radical (unpaired) electrons. The Labute approximate surface area is 141 Å². The summed E-state index contributed by atoms with van der Waals surface area (Å²) in [4.78, 5) is 29.0. The van der Waals surface area contributed by atoms with Gasteiger partial charge < -0.3 is 14.8 Å². The van der Waals surface area contributed by atoms with E-state index in [0.29, 0.717) is 29.1 Å². The number of allylic oxidation sites excluding steroid dienone is 2. The number of nitrogens with zero attached hydrogens (tertiary/aromatic N) is 1. The van der Waals surface area contributed by atoms with Gasteiger partial charge >= 0.3 is 11.9 Å². The second-order valence-electron chi connectivity index (χ2n) is 5.54. The van der Waals surface area contributed by atoms with E-state index in [1.807, 2.05) is 6.92 Å². The lowest BCUT2D eigenvalue weighted by Crippen LogP contribution is -2.32. The Hall–Kier alpha value is -2.63. The monoisotopic (exact) mass is 330 g/mol. The van der Waals surface area contributed by atoms with Gasteiger partial charge in [0, 0.05) is 23.8 Å². The van der Waals surface area contributed by atoms with Crippen LogP contribution >= 0.6 is 0 Å². The largest absolute Gasteiger partial charge is 0.466 e. The molecule has 0 fully saturated rings. The van der Waals surface area contributed by atoms with Crippen LogP contribution in [0.4, 0.5) is 0 Å². The number of dihydropyridines is 1. The summed E-state index contributed by atoms with van der Waals surface area (Å²) in [7, 11) is 1.33. The van der Waals surface area contributed by atoms with Crippen molar-refractivity contribution < 1.29 is 19.1 Å². The number of carbonyl (C=O) groups is 2. The summed E-state index contributed by atoms with van der Waals surface area (Å²) in [6.45, 7) is 5.85. The maximum absolute atomic E-state index is 12.6. The second-order valence-corrected chi connectivity index (χ2v) is 5.54. The van der Waals surface area contributed by atoms with E-state index in [0.717, 1.165) is 12.0 Å². The average Bonchev–Trinajstić information content (AvgIpc) is 2.59. The van der Waals surface area contributed by atoms with Gasteiger partial charge in [0.2, 0.25) is 0 Å². The summed E-state index contributed by atoms with van der Waals surface area (Å²) in [5.74, 6) is -1.46. The molecule has 1 aromatic heterocycles. The molecular weight excluding hydrogens is 308 g/mol. The van der Waals surface area contributed by atoms with Crippen LogP contribution in [0.3, 0.4) is 0 Å². The number of esters is 2. The predicted molar refractivity (Wildman–Crippen MR) is 88.8 cm³/mol. The van der Waals surface area contributed by atoms with Crippen molar-refractivity contribution in [2.45, 2.75) is 33.1 Å². The van der Waals surface area contributed by atoms with Crippen LogP contribution in [0.1, 0.15) is 38.7 Å². The molecule has 1 aromatic rings. The van der Waals surface area contributed by atoms with Gasteiger partial charge in [0.05, 0.1) is 30.8 Å². The Morgan fingerprint density at radius 1 is 1.12 bits per heavy atom. The summed E-state index contributed by atoms with van der Waals surface area (Å²) >= 11 is 0. The lowest BCUT2D eigenvalue weighted by molar-refractivity contribution is -0.139. The van der Waals surface area contributed by atoms with Crippen LogP contribution in [0.5, 0.6) is 0 Å². The summed E-state index contributed by atoms with van der Waals surface area (Å²) in [6, 6.07) is 3.57. The fourth-order valence-corrected chi connectivity index (χ4v) is 2.81. The van der Waals surface area contributed by atoms with Gasteiger partial charge in [0.1, 0.15) is 0 Å². The highest BCUT2D eigenvalue weighted by Crippen LogP contribution is 2.38. The molecule has 1 unspecified atom stereocenters. The molecule has 0 amide bonds. The molecule has 24 heavy (non-hydrogen) atoms. The van der Waals surface area contributed by atoms with E-state index < -0.39 is 17.9 Å². The van der Waals surface area contributed by atoms with E-state index >= 15 is 0 Å². The summed E-state index contributed by atoms with van der Waals surface area (Å²) in [5.41, 5.74) is 2.93. The molecule has 1 aliphatic heterocycles. The maximum atomic E-state index is 12.6. The van der Waals surface area contributed by atoms with Crippen LogP contribution in [-0.4, -0.2) is 30.6 Å². The topological polar surface area (TPSA) is 77.5 Å². The van der Waals surface area contributed by atoms with E-state index in [2.05, 4.69) is 10.3 Å². The number of rotatable bonds is 5. The first-order chi connectivity index (χ1) is 11.5. The highest BCUT2D eigenvalue weighted by Gasteiger charge is 2.37. The smallest absolute Gasteiger partial charge is 0.336 e. The molecule has 0 aromatic carbocycles. The highest BCUT2D eigenvalue weighted by atomic mass is 16.5. The first-order valence-corrected chi connectivity index (χ1v) is 7.85. The van der Waals surface area contributed by atoms with E-state index in [4.69, 9.17) is 9.47 Å². The number of pyridine rings is 1. The molecule has 0 aliphatic carbocycles. The van der Waals surface area contributed by atoms with E-state index in [1.165, 1.54) is 7.11 Å². The molecule has 1 N–H and O–H groups in total. The number of ether oxygens (including phenoxy) is 2. The Kier molecular flexibility index (Phi) is 5.73. The molecule has 128 valence electrons. The van der Waals surface area contributed by atoms with Gasteiger partial charge in [-0.05, 0) is 38.0 Å². The average molecular weight is 330 g/mol. The van der Waals surface area contributed by atoms with Crippen molar-refractivity contribution in [3.05, 3.63) is 52.6 Å². The van der Waals surface area contributed by atoms with Gasteiger partial charge in [-0.15, -0.1) is 0 Å². The van der Waals surface area contributed by atoms with Crippen molar-refractivity contribution in [2.75, 3.05) is 13.7 Å². The molecule has 2 heterocycles. The lowest BCUT2D eigenvalue weighted by atomic mass is 9.81. The number of carbonyl (C=O) groups excluding carboxylic acids is 2. The Morgan fingerprint density at radius 3 is 2.25 bits per heavy atom. The zero-order valence-corrected chi connectivity index (χ0v) is 14.4. The first kappa shape index (κ1) is 17.7. The quantitative estimate of drug-likeness (QED) is 0.836. The minimum Gasteiger partial charge on any atom is -0.466 e. The standard InChI is InChI=1S/C18H22N2O4/c1-5-10-24-18(22)15-12(3)20-11(2)14(17(21)23-4)16(15)13-6-8-19-9-7-13/h6-9,16,20H,5,10H2,1-4H3. The van der Waals surface area contributed by atoms with E-state index in [1.54, 1.807) is 38.4 Å². The normalized spacial score (nSPS) is 17.4. The van der Waals surface area contributed by atoms with Crippen LogP contribution < -0.4 is 5.32 Å². The van der Waals surface area contributed by atoms with Crippen LogP contribution in [0.15, 0.2) is 47.1 Å². The third-order valence-electron chi connectivity index (χ3n) is 3.86. The molecular formula is C18H22N2O4.